The van der Waals surface area contributed by atoms with Gasteiger partial charge in [-0.3, -0.25) is 9.59 Å². The van der Waals surface area contributed by atoms with Crippen LogP contribution < -0.4 is 5.32 Å². The lowest BCUT2D eigenvalue weighted by atomic mass is 9.96. The maximum absolute atomic E-state index is 12.7. The quantitative estimate of drug-likeness (QED) is 0.827. The molecular weight excluding hydrogens is 346 g/mol. The molecule has 144 valence electrons. The van der Waals surface area contributed by atoms with Gasteiger partial charge in [0.25, 0.3) is 0 Å². The molecule has 2 heterocycles. The third-order valence-electron chi connectivity index (χ3n) is 5.56. The minimum Gasteiger partial charge on any atom is -0.355 e. The monoisotopic (exact) mass is 377 g/mol. The van der Waals surface area contributed by atoms with E-state index in [0.717, 1.165) is 55.9 Å². The molecule has 1 aromatic heterocycles. The van der Waals surface area contributed by atoms with Crippen LogP contribution in [0.1, 0.15) is 69.0 Å². The summed E-state index contributed by atoms with van der Waals surface area (Å²) in [5.41, 5.74) is 1.05. The Morgan fingerprint density at radius 3 is 2.77 bits per heavy atom. The van der Waals surface area contributed by atoms with Crippen molar-refractivity contribution >= 4 is 23.2 Å². The van der Waals surface area contributed by atoms with Crippen LogP contribution in [0.2, 0.25) is 0 Å². The van der Waals surface area contributed by atoms with Crippen molar-refractivity contribution in [3.63, 3.8) is 0 Å². The molecule has 26 heavy (non-hydrogen) atoms. The lowest BCUT2D eigenvalue weighted by Crippen LogP contribution is -2.41. The van der Waals surface area contributed by atoms with E-state index in [-0.39, 0.29) is 17.7 Å². The Labute approximate surface area is 160 Å². The number of carbonyl (C=O) groups is 2. The first-order chi connectivity index (χ1) is 12.5. The Kier molecular flexibility index (Phi) is 6.68. The molecule has 2 aliphatic rings. The zero-order valence-corrected chi connectivity index (χ0v) is 16.8. The Balaban J connectivity index is 1.51. The fourth-order valence-electron chi connectivity index (χ4n) is 3.95. The van der Waals surface area contributed by atoms with Crippen LogP contribution in [0.5, 0.6) is 0 Å². The summed E-state index contributed by atoms with van der Waals surface area (Å²) in [6, 6.07) is 0. The molecule has 3 rings (SSSR count). The molecule has 1 aliphatic heterocycles. The van der Waals surface area contributed by atoms with Crippen LogP contribution in [-0.2, 0) is 16.0 Å². The van der Waals surface area contributed by atoms with Gasteiger partial charge < -0.3 is 10.2 Å². The number of likely N-dealkylation sites (tertiary alicyclic amines) is 1. The van der Waals surface area contributed by atoms with Gasteiger partial charge >= 0.3 is 0 Å². The van der Waals surface area contributed by atoms with Crippen LogP contribution in [0.3, 0.4) is 0 Å². The van der Waals surface area contributed by atoms with E-state index in [0.29, 0.717) is 18.4 Å². The number of piperidine rings is 1. The topological polar surface area (TPSA) is 62.3 Å². The number of carbonyl (C=O) groups excluding carboxylic acids is 2. The summed E-state index contributed by atoms with van der Waals surface area (Å²) in [4.78, 5) is 31.2. The number of nitrogens with one attached hydrogen (secondary N) is 1. The van der Waals surface area contributed by atoms with Crippen molar-refractivity contribution < 1.29 is 9.59 Å². The Morgan fingerprint density at radius 2 is 2.04 bits per heavy atom. The molecule has 1 saturated carbocycles. The molecule has 1 aliphatic carbocycles. The Bertz CT molecular complexity index is 622. The van der Waals surface area contributed by atoms with Gasteiger partial charge in [-0.1, -0.05) is 26.7 Å². The molecule has 1 N–H and O–H groups in total. The summed E-state index contributed by atoms with van der Waals surface area (Å²) in [6.45, 7) is 6.17. The maximum Gasteiger partial charge on any atom is 0.225 e. The molecule has 6 heteroatoms. The van der Waals surface area contributed by atoms with Gasteiger partial charge in [0.1, 0.15) is 0 Å². The zero-order valence-electron chi connectivity index (χ0n) is 16.0. The summed E-state index contributed by atoms with van der Waals surface area (Å²) >= 11 is 1.71. The average molecular weight is 378 g/mol. The van der Waals surface area contributed by atoms with Gasteiger partial charge in [-0.15, -0.1) is 11.3 Å². The van der Waals surface area contributed by atoms with Gasteiger partial charge in [-0.05, 0) is 25.7 Å². The van der Waals surface area contributed by atoms with Crippen molar-refractivity contribution in [3.05, 3.63) is 16.1 Å². The Morgan fingerprint density at radius 1 is 1.27 bits per heavy atom. The van der Waals surface area contributed by atoms with Gasteiger partial charge in [0.2, 0.25) is 11.8 Å². The lowest BCUT2D eigenvalue weighted by Gasteiger charge is -2.33. The fraction of sp³-hybridized carbons (Fsp3) is 0.750. The maximum atomic E-state index is 12.7. The van der Waals surface area contributed by atoms with Crippen LogP contribution >= 0.6 is 11.3 Å². The van der Waals surface area contributed by atoms with Gasteiger partial charge in [0.05, 0.1) is 10.7 Å². The standard InChI is InChI=1S/C20H31N3O2S/c1-14(2)18(24)21-10-9-17-13-26-19(22-17)16-8-5-11-23(12-16)20(25)15-6-3-4-7-15/h13-16H,3-12H2,1-2H3,(H,21,24). The smallest absolute Gasteiger partial charge is 0.225 e. The van der Waals surface area contributed by atoms with Crippen molar-refractivity contribution in [3.8, 4) is 0 Å². The van der Waals surface area contributed by atoms with Crippen LogP contribution in [0, 0.1) is 11.8 Å². The third kappa shape index (κ3) is 4.84. The first-order valence-electron chi connectivity index (χ1n) is 10.1. The summed E-state index contributed by atoms with van der Waals surface area (Å²) in [7, 11) is 0. The highest BCUT2D eigenvalue weighted by molar-refractivity contribution is 7.09. The van der Waals surface area contributed by atoms with Gasteiger partial charge in [0, 0.05) is 49.2 Å². The minimum absolute atomic E-state index is 0.0200. The molecular formula is C20H31N3O2S. The van der Waals surface area contributed by atoms with E-state index in [4.69, 9.17) is 4.98 Å². The van der Waals surface area contributed by atoms with E-state index in [1.54, 1.807) is 11.3 Å². The zero-order chi connectivity index (χ0) is 18.5. The van der Waals surface area contributed by atoms with Crippen molar-refractivity contribution in [2.45, 2.75) is 64.7 Å². The molecule has 0 bridgehead atoms. The van der Waals surface area contributed by atoms with Gasteiger partial charge in [-0.25, -0.2) is 4.98 Å². The van der Waals surface area contributed by atoms with Gasteiger partial charge in [0.15, 0.2) is 0 Å². The van der Waals surface area contributed by atoms with E-state index in [2.05, 4.69) is 15.6 Å². The first-order valence-corrected chi connectivity index (χ1v) is 10.9. The summed E-state index contributed by atoms with van der Waals surface area (Å²) in [6.07, 6.45) is 7.51. The van der Waals surface area contributed by atoms with Crippen molar-refractivity contribution in [1.29, 1.82) is 0 Å². The van der Waals surface area contributed by atoms with Crippen LogP contribution in [0.4, 0.5) is 0 Å². The molecule has 1 aromatic rings. The SMILES string of the molecule is CC(C)C(=O)NCCc1csc(C2CCCN(C(=O)C3CCCC3)C2)n1. The lowest BCUT2D eigenvalue weighted by molar-refractivity contribution is -0.136. The van der Waals surface area contributed by atoms with Crippen molar-refractivity contribution in [1.82, 2.24) is 15.2 Å². The number of aromatic nitrogens is 1. The molecule has 0 spiro atoms. The molecule has 0 radical (unpaired) electrons. The van der Waals surface area contributed by atoms with Crippen molar-refractivity contribution in [2.24, 2.45) is 11.8 Å². The molecule has 1 saturated heterocycles. The highest BCUT2D eigenvalue weighted by Crippen LogP contribution is 2.32. The largest absolute Gasteiger partial charge is 0.355 e. The van der Waals surface area contributed by atoms with E-state index in [1.165, 1.54) is 12.8 Å². The number of hydrogen-bond acceptors (Lipinski definition) is 4. The summed E-state index contributed by atoms with van der Waals surface area (Å²) in [5.74, 6) is 1.13. The molecule has 5 nitrogen and oxygen atoms in total. The number of nitrogens with zero attached hydrogens (tertiary/aromatic N) is 2. The fourth-order valence-corrected chi connectivity index (χ4v) is 4.93. The first kappa shape index (κ1) is 19.3. The number of amides is 2. The molecule has 1 unspecified atom stereocenters. The van der Waals surface area contributed by atoms with Gasteiger partial charge in [-0.2, -0.15) is 0 Å². The second kappa shape index (κ2) is 8.98. The van der Waals surface area contributed by atoms with E-state index in [9.17, 15) is 9.59 Å². The third-order valence-corrected chi connectivity index (χ3v) is 6.62. The van der Waals surface area contributed by atoms with Crippen LogP contribution in [0.15, 0.2) is 5.38 Å². The second-order valence-corrected chi connectivity index (χ2v) is 8.87. The normalized spacial score (nSPS) is 21.3. The molecule has 0 aromatic carbocycles. The number of hydrogen-bond donors (Lipinski definition) is 1. The molecule has 2 amide bonds. The highest BCUT2D eigenvalue weighted by atomic mass is 32.1. The van der Waals surface area contributed by atoms with Crippen LogP contribution in [0.25, 0.3) is 0 Å². The molecule has 2 fully saturated rings. The van der Waals surface area contributed by atoms with E-state index >= 15 is 0 Å². The second-order valence-electron chi connectivity index (χ2n) is 7.98. The predicted octanol–water partition coefficient (Wildman–Crippen LogP) is 3.35. The van der Waals surface area contributed by atoms with E-state index in [1.807, 2.05) is 13.8 Å². The Hall–Kier alpha value is -1.43. The van der Waals surface area contributed by atoms with Crippen molar-refractivity contribution in [2.75, 3.05) is 19.6 Å². The number of thiazole rings is 1. The highest BCUT2D eigenvalue weighted by Gasteiger charge is 2.31. The summed E-state index contributed by atoms with van der Waals surface area (Å²) < 4.78 is 0. The van der Waals surface area contributed by atoms with E-state index < -0.39 is 0 Å². The minimum atomic E-state index is 0.0200. The van der Waals surface area contributed by atoms with Crippen LogP contribution in [-0.4, -0.2) is 41.3 Å². The number of rotatable bonds is 6. The molecule has 1 atom stereocenters. The average Bonchev–Trinajstić information content (AvgIpc) is 3.33. The predicted molar refractivity (Wildman–Crippen MR) is 104 cm³/mol. The summed E-state index contributed by atoms with van der Waals surface area (Å²) in [5, 5.41) is 6.20.